The number of methoxy groups -OCH3 is 1. The number of aromatic nitrogens is 4. The molecule has 142 valence electrons. The summed E-state index contributed by atoms with van der Waals surface area (Å²) in [5.41, 5.74) is 0.861. The van der Waals surface area contributed by atoms with Crippen LogP contribution in [0.2, 0.25) is 5.02 Å². The van der Waals surface area contributed by atoms with Crippen LogP contribution < -0.4 is 5.32 Å². The Bertz CT molecular complexity index is 1170. The van der Waals surface area contributed by atoms with E-state index >= 15 is 0 Å². The number of thiophene rings is 1. The van der Waals surface area contributed by atoms with E-state index in [-0.39, 0.29) is 11.6 Å². The second kappa shape index (κ2) is 7.45. The predicted octanol–water partition coefficient (Wildman–Crippen LogP) is 3.49. The van der Waals surface area contributed by atoms with Crippen LogP contribution in [-0.4, -0.2) is 38.5 Å². The van der Waals surface area contributed by atoms with Crippen molar-refractivity contribution in [2.75, 3.05) is 12.4 Å². The number of esters is 1. The lowest BCUT2D eigenvalue weighted by Crippen LogP contribution is -2.14. The van der Waals surface area contributed by atoms with Crippen molar-refractivity contribution in [3.63, 3.8) is 0 Å². The maximum Gasteiger partial charge on any atom is 0.349 e. The maximum atomic E-state index is 12.5. The van der Waals surface area contributed by atoms with E-state index in [9.17, 15) is 9.59 Å². The van der Waals surface area contributed by atoms with Crippen molar-refractivity contribution in [1.82, 2.24) is 19.6 Å². The summed E-state index contributed by atoms with van der Waals surface area (Å²) in [6.07, 6.45) is 5.20. The molecule has 1 amide bonds. The standard InChI is InChI=1S/C18H14ClN5O3S/c1-27-18(26)16-15(19)12-4-3-11(9-14(12)28-16)21-17(25)13-5-8-24(22-13)10-23-7-2-6-20-23/h2-9H,10H2,1H3,(H,21,25). The fraction of sp³-hybridized carbons (Fsp3) is 0.111. The molecule has 3 aromatic heterocycles. The van der Waals surface area contributed by atoms with Crippen molar-refractivity contribution in [1.29, 1.82) is 0 Å². The van der Waals surface area contributed by atoms with Gasteiger partial charge in [0.25, 0.3) is 5.91 Å². The third kappa shape index (κ3) is 3.49. The first-order chi connectivity index (χ1) is 13.5. The molecule has 0 aliphatic heterocycles. The first-order valence-electron chi connectivity index (χ1n) is 8.18. The van der Waals surface area contributed by atoms with Crippen LogP contribution in [0.15, 0.2) is 48.9 Å². The molecule has 0 saturated heterocycles. The summed E-state index contributed by atoms with van der Waals surface area (Å²) in [6, 6.07) is 8.69. The van der Waals surface area contributed by atoms with Gasteiger partial charge in [-0.3, -0.25) is 14.2 Å². The fourth-order valence-corrected chi connectivity index (χ4v) is 4.12. The second-order valence-electron chi connectivity index (χ2n) is 5.83. The number of halogens is 1. The Morgan fingerprint density at radius 2 is 2.11 bits per heavy atom. The highest BCUT2D eigenvalue weighted by Crippen LogP contribution is 2.37. The predicted molar refractivity (Wildman–Crippen MR) is 106 cm³/mol. The summed E-state index contributed by atoms with van der Waals surface area (Å²) in [5, 5.41) is 12.2. The molecule has 10 heteroatoms. The Morgan fingerprint density at radius 1 is 1.25 bits per heavy atom. The zero-order valence-corrected chi connectivity index (χ0v) is 16.2. The van der Waals surface area contributed by atoms with E-state index in [1.54, 1.807) is 46.0 Å². The molecule has 0 saturated carbocycles. The van der Waals surface area contributed by atoms with Crippen molar-refractivity contribution < 1.29 is 14.3 Å². The summed E-state index contributed by atoms with van der Waals surface area (Å²) in [5.74, 6) is -0.825. The molecule has 8 nitrogen and oxygen atoms in total. The minimum Gasteiger partial charge on any atom is -0.465 e. The zero-order valence-electron chi connectivity index (χ0n) is 14.6. The molecule has 0 aliphatic rings. The van der Waals surface area contributed by atoms with Crippen molar-refractivity contribution in [2.24, 2.45) is 0 Å². The lowest BCUT2D eigenvalue weighted by Gasteiger charge is -2.04. The number of nitrogens with zero attached hydrogens (tertiary/aromatic N) is 4. The smallest absolute Gasteiger partial charge is 0.349 e. The molecule has 0 fully saturated rings. The first-order valence-corrected chi connectivity index (χ1v) is 9.37. The number of hydrogen-bond donors (Lipinski definition) is 1. The molecule has 0 radical (unpaired) electrons. The van der Waals surface area contributed by atoms with Gasteiger partial charge in [-0.15, -0.1) is 11.3 Å². The van der Waals surface area contributed by atoms with Gasteiger partial charge in [-0.25, -0.2) is 4.79 Å². The van der Waals surface area contributed by atoms with Crippen molar-refractivity contribution >= 4 is 50.6 Å². The van der Waals surface area contributed by atoms with Gasteiger partial charge >= 0.3 is 5.97 Å². The lowest BCUT2D eigenvalue weighted by molar-refractivity contribution is 0.0606. The number of benzene rings is 1. The van der Waals surface area contributed by atoms with Gasteiger partial charge in [0.1, 0.15) is 11.5 Å². The van der Waals surface area contributed by atoms with Gasteiger partial charge in [0.05, 0.1) is 12.1 Å². The van der Waals surface area contributed by atoms with E-state index in [2.05, 4.69) is 15.5 Å². The summed E-state index contributed by atoms with van der Waals surface area (Å²) < 4.78 is 8.82. The summed E-state index contributed by atoms with van der Waals surface area (Å²) in [6.45, 7) is 0.413. The number of nitrogens with one attached hydrogen (secondary N) is 1. The Morgan fingerprint density at radius 3 is 2.86 bits per heavy atom. The van der Waals surface area contributed by atoms with Gasteiger partial charge in [0.15, 0.2) is 5.69 Å². The Hall–Kier alpha value is -3.17. The topological polar surface area (TPSA) is 91.0 Å². The number of fused-ring (bicyclic) bond motifs is 1. The number of carbonyl (C=O) groups is 2. The molecule has 3 heterocycles. The van der Waals surface area contributed by atoms with Crippen molar-refractivity contribution in [3.05, 3.63) is 64.5 Å². The molecule has 0 aliphatic carbocycles. The van der Waals surface area contributed by atoms with Crippen LogP contribution in [-0.2, 0) is 11.4 Å². The van der Waals surface area contributed by atoms with E-state index in [4.69, 9.17) is 16.3 Å². The number of amides is 1. The summed E-state index contributed by atoms with van der Waals surface area (Å²) in [7, 11) is 1.31. The minimum absolute atomic E-state index is 0.284. The molecule has 0 unspecified atom stereocenters. The summed E-state index contributed by atoms with van der Waals surface area (Å²) in [4.78, 5) is 24.6. The SMILES string of the molecule is COC(=O)c1sc2cc(NC(=O)c3ccn(Cn4cccn4)n3)ccc2c1Cl. The Balaban J connectivity index is 1.52. The highest BCUT2D eigenvalue weighted by Gasteiger charge is 2.18. The molecular formula is C18H14ClN5O3S. The average Bonchev–Trinajstić information content (AvgIpc) is 3.43. The van der Waals surface area contributed by atoms with E-state index in [1.807, 2.05) is 12.3 Å². The van der Waals surface area contributed by atoms with Crippen LogP contribution >= 0.6 is 22.9 Å². The van der Waals surface area contributed by atoms with E-state index < -0.39 is 5.97 Å². The minimum atomic E-state index is -0.487. The van der Waals surface area contributed by atoms with E-state index in [1.165, 1.54) is 18.4 Å². The van der Waals surface area contributed by atoms with Crippen LogP contribution in [0.25, 0.3) is 10.1 Å². The molecule has 4 rings (SSSR count). The van der Waals surface area contributed by atoms with E-state index in [0.717, 1.165) is 10.1 Å². The maximum absolute atomic E-state index is 12.5. The highest BCUT2D eigenvalue weighted by atomic mass is 35.5. The molecule has 0 bridgehead atoms. The van der Waals surface area contributed by atoms with Gasteiger partial charge in [0.2, 0.25) is 0 Å². The van der Waals surface area contributed by atoms with Crippen LogP contribution in [0.4, 0.5) is 5.69 Å². The van der Waals surface area contributed by atoms with Crippen LogP contribution in [0, 0.1) is 0 Å². The Kier molecular flexibility index (Phi) is 4.84. The number of rotatable bonds is 5. The number of ether oxygens (including phenoxy) is 1. The summed E-state index contributed by atoms with van der Waals surface area (Å²) >= 11 is 7.46. The average molecular weight is 416 g/mol. The third-order valence-electron chi connectivity index (χ3n) is 3.98. The van der Waals surface area contributed by atoms with Gasteiger partial charge in [-0.05, 0) is 30.3 Å². The molecule has 0 atom stereocenters. The number of hydrogen-bond acceptors (Lipinski definition) is 6. The Labute approximate surface area is 168 Å². The molecule has 28 heavy (non-hydrogen) atoms. The van der Waals surface area contributed by atoms with Crippen molar-refractivity contribution in [2.45, 2.75) is 6.67 Å². The largest absolute Gasteiger partial charge is 0.465 e. The lowest BCUT2D eigenvalue weighted by atomic mass is 10.2. The molecule has 1 aromatic carbocycles. The molecule has 1 N–H and O–H groups in total. The monoisotopic (exact) mass is 415 g/mol. The van der Waals surface area contributed by atoms with Crippen LogP contribution in [0.3, 0.4) is 0 Å². The fourth-order valence-electron chi connectivity index (χ4n) is 2.66. The normalized spacial score (nSPS) is 10.9. The number of anilines is 1. The quantitative estimate of drug-likeness (QED) is 0.504. The van der Waals surface area contributed by atoms with E-state index in [0.29, 0.717) is 22.3 Å². The molecule has 0 spiro atoms. The second-order valence-corrected chi connectivity index (χ2v) is 7.26. The van der Waals surface area contributed by atoms with Crippen LogP contribution in [0.1, 0.15) is 20.2 Å². The van der Waals surface area contributed by atoms with Gasteiger partial charge in [0, 0.05) is 34.4 Å². The van der Waals surface area contributed by atoms with Gasteiger partial charge < -0.3 is 10.1 Å². The number of carbonyl (C=O) groups excluding carboxylic acids is 2. The molecule has 4 aromatic rings. The highest BCUT2D eigenvalue weighted by molar-refractivity contribution is 7.21. The first kappa shape index (κ1) is 18.2. The molecular weight excluding hydrogens is 402 g/mol. The van der Waals surface area contributed by atoms with Crippen LogP contribution in [0.5, 0.6) is 0 Å². The third-order valence-corrected chi connectivity index (χ3v) is 5.62. The zero-order chi connectivity index (χ0) is 19.7. The van der Waals surface area contributed by atoms with Gasteiger partial charge in [-0.1, -0.05) is 11.6 Å². The van der Waals surface area contributed by atoms with Gasteiger partial charge in [-0.2, -0.15) is 10.2 Å². The van der Waals surface area contributed by atoms with Crippen molar-refractivity contribution in [3.8, 4) is 0 Å².